The molecule has 0 atom stereocenters. The van der Waals surface area contributed by atoms with E-state index in [0.29, 0.717) is 5.54 Å². The lowest BCUT2D eigenvalue weighted by molar-refractivity contribution is 0.130. The van der Waals surface area contributed by atoms with Crippen LogP contribution in [0.2, 0.25) is 0 Å². The van der Waals surface area contributed by atoms with Crippen LogP contribution in [-0.2, 0) is 32.2 Å². The van der Waals surface area contributed by atoms with Crippen LogP contribution in [0.15, 0.2) is 72.8 Å². The third kappa shape index (κ3) is 22.4. The zero-order valence-electron chi connectivity index (χ0n) is 42.3. The van der Waals surface area contributed by atoms with Gasteiger partial charge in [-0.1, -0.05) is 150 Å². The van der Waals surface area contributed by atoms with Gasteiger partial charge in [0.1, 0.15) is 0 Å². The first kappa shape index (κ1) is 58.7. The van der Waals surface area contributed by atoms with E-state index < -0.39 is 0 Å². The van der Waals surface area contributed by atoms with E-state index in [1.165, 1.54) is 87.9 Å². The van der Waals surface area contributed by atoms with Gasteiger partial charge in [-0.2, -0.15) is 0 Å². The molecule has 3 heterocycles. The summed E-state index contributed by atoms with van der Waals surface area (Å²) in [7, 11) is 0. The van der Waals surface area contributed by atoms with E-state index >= 15 is 0 Å². The number of nitrogens with zero attached hydrogens (tertiary/aromatic N) is 3. The molecule has 0 N–H and O–H groups in total. The predicted molar refractivity (Wildman–Crippen MR) is 265 cm³/mol. The van der Waals surface area contributed by atoms with E-state index in [4.69, 9.17) is 0 Å². The van der Waals surface area contributed by atoms with Gasteiger partial charge in [0.05, 0.1) is 0 Å². The minimum absolute atomic E-state index is 0.237. The molecule has 0 aromatic heterocycles. The Hall–Kier alpha value is -2.62. The van der Waals surface area contributed by atoms with Crippen LogP contribution in [0, 0.1) is 0 Å². The molecule has 0 saturated heterocycles. The van der Waals surface area contributed by atoms with E-state index in [0.717, 1.165) is 6.54 Å². The first-order valence-electron chi connectivity index (χ1n) is 23.7. The molecule has 0 aliphatic carbocycles. The summed E-state index contributed by atoms with van der Waals surface area (Å²) in [5.41, 5.74) is 9.95. The minimum atomic E-state index is 0.237. The van der Waals surface area contributed by atoms with Crippen molar-refractivity contribution in [3.8, 4) is 0 Å². The standard InChI is InChI=1S/3C14H21N.6C2H6/c1-14(2,3)15-11-7-6-9-12-8-4-5-10-13(12)15;1-14(2,3)15-10-6-9-12-7-4-5-8-13(12)11-15;1-14(2,3)15-10-8-12-6-4-5-7-13(12)9-11-15;6*1-2/h4-5,8,10H,6-7,9,11H2,1-3H3;4-5,7-8H,6,9-11H2,1-3H3;4-7H,8-11H2,1-3H3;6*1-2H3. The van der Waals surface area contributed by atoms with Gasteiger partial charge < -0.3 is 4.90 Å². The molecule has 3 aliphatic heterocycles. The number of benzene rings is 3. The molecule has 0 fully saturated rings. The van der Waals surface area contributed by atoms with Gasteiger partial charge in [0.15, 0.2) is 0 Å². The fourth-order valence-electron chi connectivity index (χ4n) is 7.00. The minimum Gasteiger partial charge on any atom is -0.366 e. The van der Waals surface area contributed by atoms with Gasteiger partial charge in [0.25, 0.3) is 0 Å². The van der Waals surface area contributed by atoms with Crippen LogP contribution in [0.1, 0.15) is 192 Å². The summed E-state index contributed by atoms with van der Waals surface area (Å²) in [5.74, 6) is 0. The monoisotopic (exact) mass is 790 g/mol. The lowest BCUT2D eigenvalue weighted by Crippen LogP contribution is -2.42. The smallest absolute Gasteiger partial charge is 0.0403 e. The van der Waals surface area contributed by atoms with E-state index in [9.17, 15) is 0 Å². The maximum absolute atomic E-state index is 2.59. The van der Waals surface area contributed by atoms with Crippen LogP contribution in [0.25, 0.3) is 0 Å². The molecule has 0 spiro atoms. The van der Waals surface area contributed by atoms with Crippen molar-refractivity contribution in [2.24, 2.45) is 0 Å². The number of hydrogen-bond donors (Lipinski definition) is 0. The molecule has 0 radical (unpaired) electrons. The Morgan fingerprint density at radius 1 is 0.333 bits per heavy atom. The van der Waals surface area contributed by atoms with Crippen molar-refractivity contribution in [3.63, 3.8) is 0 Å². The highest BCUT2D eigenvalue weighted by Gasteiger charge is 2.26. The summed E-state index contributed by atoms with van der Waals surface area (Å²) >= 11 is 0. The molecule has 0 amide bonds. The largest absolute Gasteiger partial charge is 0.366 e. The molecule has 6 rings (SSSR count). The zero-order valence-corrected chi connectivity index (χ0v) is 42.3. The molecule has 3 aromatic carbocycles. The van der Waals surface area contributed by atoms with E-state index in [-0.39, 0.29) is 11.1 Å². The van der Waals surface area contributed by atoms with Crippen molar-refractivity contribution < 1.29 is 0 Å². The van der Waals surface area contributed by atoms with Crippen molar-refractivity contribution in [1.29, 1.82) is 0 Å². The Morgan fingerprint density at radius 2 is 0.702 bits per heavy atom. The van der Waals surface area contributed by atoms with Gasteiger partial charge in [-0.3, -0.25) is 9.80 Å². The van der Waals surface area contributed by atoms with Crippen molar-refractivity contribution in [2.45, 2.75) is 214 Å². The Balaban J connectivity index is -0.000000676. The molecule has 3 aliphatic rings. The van der Waals surface area contributed by atoms with Crippen molar-refractivity contribution >= 4 is 5.69 Å². The lowest BCUT2D eigenvalue weighted by atomic mass is 10.0. The number of para-hydroxylation sites is 1. The molecule has 0 unspecified atom stereocenters. The first-order chi connectivity index (χ1) is 27.2. The van der Waals surface area contributed by atoms with Crippen LogP contribution in [0.3, 0.4) is 0 Å². The molecule has 3 aromatic rings. The van der Waals surface area contributed by atoms with E-state index in [1.807, 2.05) is 83.1 Å². The molecular weight excluding hydrogens is 691 g/mol. The van der Waals surface area contributed by atoms with Gasteiger partial charge >= 0.3 is 0 Å². The fraction of sp³-hybridized carbons (Fsp3) is 0.667. The SMILES string of the molecule is CC.CC.CC.CC.CC.CC.CC(C)(C)N1CCCCc2ccccc21.CC(C)(C)N1CCCc2ccccc2C1.CC(C)(C)N1CCc2ccccc2CC1. The average molecular weight is 790 g/mol. The summed E-state index contributed by atoms with van der Waals surface area (Å²) in [5, 5.41) is 0. The lowest BCUT2D eigenvalue weighted by Gasteiger charge is -2.38. The fourth-order valence-corrected chi connectivity index (χ4v) is 7.00. The quantitative estimate of drug-likeness (QED) is 0.225. The second-order valence-electron chi connectivity index (χ2n) is 16.3. The van der Waals surface area contributed by atoms with Crippen LogP contribution >= 0.6 is 0 Å². The Labute approximate surface area is 359 Å². The van der Waals surface area contributed by atoms with Crippen LogP contribution < -0.4 is 4.90 Å². The first-order valence-corrected chi connectivity index (χ1v) is 23.7. The van der Waals surface area contributed by atoms with Crippen molar-refractivity contribution in [2.75, 3.05) is 31.1 Å². The predicted octanol–water partition coefficient (Wildman–Crippen LogP) is 15.9. The number of hydrogen-bond acceptors (Lipinski definition) is 3. The van der Waals surface area contributed by atoms with Crippen LogP contribution in [-0.4, -0.2) is 52.6 Å². The molecule has 3 heteroatoms. The number of anilines is 1. The van der Waals surface area contributed by atoms with Gasteiger partial charge in [-0.05, 0) is 148 Å². The molecule has 0 bridgehead atoms. The van der Waals surface area contributed by atoms with E-state index in [1.54, 1.807) is 16.7 Å². The third-order valence-corrected chi connectivity index (χ3v) is 9.84. The molecule has 330 valence electrons. The van der Waals surface area contributed by atoms with Gasteiger partial charge in [0, 0.05) is 48.5 Å². The summed E-state index contributed by atoms with van der Waals surface area (Å²) in [4.78, 5) is 7.72. The highest BCUT2D eigenvalue weighted by atomic mass is 15.2. The molecule has 57 heavy (non-hydrogen) atoms. The second-order valence-corrected chi connectivity index (χ2v) is 16.3. The summed E-state index contributed by atoms with van der Waals surface area (Å²) in [6.45, 7) is 50.7. The highest BCUT2D eigenvalue weighted by molar-refractivity contribution is 5.56. The highest BCUT2D eigenvalue weighted by Crippen LogP contribution is 2.31. The average Bonchev–Trinajstić information content (AvgIpc) is 3.71. The van der Waals surface area contributed by atoms with Crippen molar-refractivity contribution in [1.82, 2.24) is 9.80 Å². The topological polar surface area (TPSA) is 9.72 Å². The van der Waals surface area contributed by atoms with Crippen LogP contribution in [0.4, 0.5) is 5.69 Å². The van der Waals surface area contributed by atoms with Crippen LogP contribution in [0.5, 0.6) is 0 Å². The van der Waals surface area contributed by atoms with E-state index in [2.05, 4.69) is 150 Å². The summed E-state index contributed by atoms with van der Waals surface area (Å²) in [6.07, 6.45) is 8.80. The Bertz CT molecular complexity index is 1310. The maximum atomic E-state index is 2.59. The molecular formula is C54H99N3. The third-order valence-electron chi connectivity index (χ3n) is 9.84. The maximum Gasteiger partial charge on any atom is 0.0403 e. The van der Waals surface area contributed by atoms with Crippen molar-refractivity contribution in [3.05, 3.63) is 101 Å². The zero-order chi connectivity index (χ0) is 44.7. The molecule has 0 saturated carbocycles. The van der Waals surface area contributed by atoms with Gasteiger partial charge in [-0.15, -0.1) is 0 Å². The van der Waals surface area contributed by atoms with Gasteiger partial charge in [0.2, 0.25) is 0 Å². The number of fused-ring (bicyclic) bond motifs is 3. The Kier molecular flexibility index (Phi) is 34.2. The number of aryl methyl sites for hydroxylation is 2. The normalized spacial score (nSPS) is 14.8. The van der Waals surface area contributed by atoms with Gasteiger partial charge in [-0.25, -0.2) is 0 Å². The molecule has 3 nitrogen and oxygen atoms in total. The summed E-state index contributed by atoms with van der Waals surface area (Å²) in [6, 6.07) is 26.6. The Morgan fingerprint density at radius 3 is 1.12 bits per heavy atom. The summed E-state index contributed by atoms with van der Waals surface area (Å²) < 4.78 is 0. The number of rotatable bonds is 0. The second kappa shape index (κ2) is 33.2.